The average Bonchev–Trinajstić information content (AvgIpc) is 3.31. The lowest BCUT2D eigenvalue weighted by molar-refractivity contribution is -0.137. The number of aromatic carboxylic acids is 1. The van der Waals surface area contributed by atoms with Crippen LogP contribution in [0.4, 0.5) is 0 Å². The molecule has 3 heterocycles. The number of carboxylic acids is 1. The minimum Gasteiger partial charge on any atom is -0.477 e. The third kappa shape index (κ3) is 4.01. The number of aryl methyl sites for hydroxylation is 1. The minimum atomic E-state index is -1.70. The normalized spacial score (nSPS) is 18.0. The van der Waals surface area contributed by atoms with Crippen LogP contribution in [0, 0.1) is 11.8 Å². The topological polar surface area (TPSA) is 121 Å². The van der Waals surface area contributed by atoms with Gasteiger partial charge in [0.15, 0.2) is 11.5 Å². The maximum Gasteiger partial charge on any atom is 0.354 e. The van der Waals surface area contributed by atoms with E-state index in [1.165, 1.54) is 11.0 Å². The maximum atomic E-state index is 12.1. The van der Waals surface area contributed by atoms with Crippen molar-refractivity contribution < 1.29 is 19.8 Å². The summed E-state index contributed by atoms with van der Waals surface area (Å²) < 4.78 is 1.60. The van der Waals surface area contributed by atoms with Crippen molar-refractivity contribution in [3.05, 3.63) is 53.9 Å². The molecule has 0 aliphatic carbocycles. The molecule has 9 nitrogen and oxygen atoms in total. The smallest absolute Gasteiger partial charge is 0.354 e. The molecule has 1 amide bonds. The number of carbonyl (C=O) groups is 2. The van der Waals surface area contributed by atoms with E-state index in [-0.39, 0.29) is 17.9 Å². The standard InChI is InChI=1S/C22H19N5O4/c1-26-11-9-22(31,21(26)30)8-6-14-4-3-5-15(12-14)19-23-17(13-18(24-19)20(28)29)16-7-10-27(2)25-16/h3-5,7,10,12-13,31H,9,11H2,1-2H3,(H,28,29)/t22-/m0/s1. The molecule has 0 spiro atoms. The third-order valence-electron chi connectivity index (χ3n) is 4.97. The molecule has 1 aliphatic rings. The van der Waals surface area contributed by atoms with Crippen LogP contribution in [0.5, 0.6) is 0 Å². The fraction of sp³-hybridized carbons (Fsp3) is 0.227. The lowest BCUT2D eigenvalue weighted by Crippen LogP contribution is -2.37. The SMILES string of the molecule is CN1CC[C@@](O)(C#Cc2cccc(-c3nc(C(=O)O)cc(-c4ccn(C)n4)n3)c2)C1=O. The molecule has 1 saturated heterocycles. The highest BCUT2D eigenvalue weighted by Gasteiger charge is 2.42. The van der Waals surface area contributed by atoms with Crippen LogP contribution in [0.2, 0.25) is 0 Å². The van der Waals surface area contributed by atoms with Gasteiger partial charge in [0.25, 0.3) is 5.91 Å². The molecule has 31 heavy (non-hydrogen) atoms. The van der Waals surface area contributed by atoms with Gasteiger partial charge in [-0.2, -0.15) is 5.10 Å². The van der Waals surface area contributed by atoms with Gasteiger partial charge < -0.3 is 15.1 Å². The van der Waals surface area contributed by atoms with Crippen LogP contribution in [-0.4, -0.2) is 65.9 Å². The second-order valence-electron chi connectivity index (χ2n) is 7.31. The van der Waals surface area contributed by atoms with Crippen LogP contribution < -0.4 is 0 Å². The predicted octanol–water partition coefficient (Wildman–Crippen LogP) is 1.19. The number of likely N-dealkylation sites (tertiary alicyclic amines) is 1. The number of amides is 1. The first-order valence-corrected chi connectivity index (χ1v) is 9.49. The lowest BCUT2D eigenvalue weighted by Gasteiger charge is -2.13. The van der Waals surface area contributed by atoms with E-state index in [0.29, 0.717) is 29.1 Å². The van der Waals surface area contributed by atoms with E-state index < -0.39 is 17.5 Å². The summed E-state index contributed by atoms with van der Waals surface area (Å²) >= 11 is 0. The molecule has 1 aromatic carbocycles. The first-order valence-electron chi connectivity index (χ1n) is 9.49. The molecular weight excluding hydrogens is 398 g/mol. The number of aliphatic hydroxyl groups is 1. The van der Waals surface area contributed by atoms with E-state index in [2.05, 4.69) is 26.9 Å². The second-order valence-corrected chi connectivity index (χ2v) is 7.31. The Morgan fingerprint density at radius 3 is 2.61 bits per heavy atom. The van der Waals surface area contributed by atoms with E-state index >= 15 is 0 Å². The Morgan fingerprint density at radius 2 is 1.97 bits per heavy atom. The Bertz CT molecular complexity index is 1260. The number of carbonyl (C=O) groups excluding carboxylic acids is 1. The summed E-state index contributed by atoms with van der Waals surface area (Å²) in [6, 6.07) is 9.97. The molecule has 3 aromatic rings. The highest BCUT2D eigenvalue weighted by atomic mass is 16.4. The molecule has 0 bridgehead atoms. The van der Waals surface area contributed by atoms with Gasteiger partial charge in [-0.05, 0) is 24.3 Å². The van der Waals surface area contributed by atoms with Gasteiger partial charge in [0.05, 0.1) is 5.69 Å². The Kier molecular flexibility index (Phi) is 5.01. The molecule has 0 radical (unpaired) electrons. The van der Waals surface area contributed by atoms with Crippen molar-refractivity contribution in [2.75, 3.05) is 13.6 Å². The summed E-state index contributed by atoms with van der Waals surface area (Å²) in [7, 11) is 3.38. The molecule has 4 rings (SSSR count). The molecule has 1 fully saturated rings. The third-order valence-corrected chi connectivity index (χ3v) is 4.97. The summed E-state index contributed by atoms with van der Waals surface area (Å²) in [6.45, 7) is 0.441. The Labute approximate surface area is 178 Å². The molecular formula is C22H19N5O4. The van der Waals surface area contributed by atoms with Gasteiger partial charge in [-0.15, -0.1) is 0 Å². The van der Waals surface area contributed by atoms with Gasteiger partial charge in [-0.3, -0.25) is 9.48 Å². The highest BCUT2D eigenvalue weighted by molar-refractivity contribution is 5.90. The molecule has 1 atom stereocenters. The minimum absolute atomic E-state index is 0.156. The average molecular weight is 417 g/mol. The second kappa shape index (κ2) is 7.66. The summed E-state index contributed by atoms with van der Waals surface area (Å²) in [6.07, 6.45) is 1.98. The van der Waals surface area contributed by atoms with Crippen molar-refractivity contribution in [1.29, 1.82) is 0 Å². The van der Waals surface area contributed by atoms with Crippen LogP contribution in [0.3, 0.4) is 0 Å². The van der Waals surface area contributed by atoms with Gasteiger partial charge in [0.1, 0.15) is 5.69 Å². The fourth-order valence-corrected chi connectivity index (χ4v) is 3.25. The first-order chi connectivity index (χ1) is 14.7. The number of rotatable bonds is 3. The van der Waals surface area contributed by atoms with E-state index in [4.69, 9.17) is 0 Å². The number of benzene rings is 1. The van der Waals surface area contributed by atoms with Crippen molar-refractivity contribution >= 4 is 11.9 Å². The quantitative estimate of drug-likeness (QED) is 0.614. The van der Waals surface area contributed by atoms with E-state index in [1.54, 1.807) is 55.3 Å². The highest BCUT2D eigenvalue weighted by Crippen LogP contribution is 2.23. The van der Waals surface area contributed by atoms with E-state index in [0.717, 1.165) is 0 Å². The van der Waals surface area contributed by atoms with Gasteiger partial charge in [-0.1, -0.05) is 24.0 Å². The number of likely N-dealkylation sites (N-methyl/N-ethyl adjacent to an activating group) is 1. The molecule has 2 N–H and O–H groups in total. The lowest BCUT2D eigenvalue weighted by atomic mass is 10.0. The van der Waals surface area contributed by atoms with E-state index in [1.807, 2.05) is 0 Å². The number of hydrogen-bond donors (Lipinski definition) is 2. The summed E-state index contributed by atoms with van der Waals surface area (Å²) in [4.78, 5) is 33.7. The molecule has 2 aromatic heterocycles. The zero-order valence-corrected chi connectivity index (χ0v) is 16.9. The fourth-order valence-electron chi connectivity index (χ4n) is 3.25. The Morgan fingerprint density at radius 1 is 1.16 bits per heavy atom. The van der Waals surface area contributed by atoms with Crippen LogP contribution in [0.1, 0.15) is 22.5 Å². The van der Waals surface area contributed by atoms with Gasteiger partial charge >= 0.3 is 5.97 Å². The van der Waals surface area contributed by atoms with Crippen molar-refractivity contribution in [3.8, 4) is 34.6 Å². The first kappa shape index (κ1) is 20.3. The van der Waals surface area contributed by atoms with Crippen molar-refractivity contribution in [1.82, 2.24) is 24.6 Å². The van der Waals surface area contributed by atoms with Gasteiger partial charge in [-0.25, -0.2) is 14.8 Å². The van der Waals surface area contributed by atoms with Crippen molar-refractivity contribution in [3.63, 3.8) is 0 Å². The Hall–Kier alpha value is -4.03. The number of aromatic nitrogens is 4. The molecule has 0 unspecified atom stereocenters. The van der Waals surface area contributed by atoms with Crippen LogP contribution in [0.15, 0.2) is 42.6 Å². The summed E-state index contributed by atoms with van der Waals surface area (Å²) in [5.74, 6) is 4.12. The van der Waals surface area contributed by atoms with Crippen LogP contribution in [0.25, 0.3) is 22.8 Å². The zero-order valence-electron chi connectivity index (χ0n) is 16.9. The van der Waals surface area contributed by atoms with Gasteiger partial charge in [0.2, 0.25) is 5.60 Å². The molecule has 1 aliphatic heterocycles. The largest absolute Gasteiger partial charge is 0.477 e. The van der Waals surface area contributed by atoms with Crippen molar-refractivity contribution in [2.24, 2.45) is 7.05 Å². The van der Waals surface area contributed by atoms with Crippen LogP contribution >= 0.6 is 0 Å². The number of nitrogens with zero attached hydrogens (tertiary/aromatic N) is 5. The monoisotopic (exact) mass is 417 g/mol. The number of carboxylic acid groups (broad SMARTS) is 1. The summed E-state index contributed by atoms with van der Waals surface area (Å²) in [5.41, 5.74) is 0.141. The Balaban J connectivity index is 1.73. The predicted molar refractivity (Wildman–Crippen MR) is 111 cm³/mol. The summed E-state index contributed by atoms with van der Waals surface area (Å²) in [5, 5.41) is 24.2. The van der Waals surface area contributed by atoms with Crippen molar-refractivity contribution in [2.45, 2.75) is 12.0 Å². The van der Waals surface area contributed by atoms with Gasteiger partial charge in [0, 0.05) is 44.4 Å². The van der Waals surface area contributed by atoms with Crippen LogP contribution in [-0.2, 0) is 11.8 Å². The zero-order chi connectivity index (χ0) is 22.2. The molecule has 0 saturated carbocycles. The molecule has 9 heteroatoms. The number of hydrogen-bond acceptors (Lipinski definition) is 6. The maximum absolute atomic E-state index is 12.1. The van der Waals surface area contributed by atoms with E-state index in [9.17, 15) is 19.8 Å². The molecule has 156 valence electrons.